The molecule has 1 amide bonds. The van der Waals surface area contributed by atoms with Crippen molar-refractivity contribution in [1.82, 2.24) is 15.1 Å². The van der Waals surface area contributed by atoms with Crippen molar-refractivity contribution >= 4 is 15.7 Å². The topological polar surface area (TPSA) is 122 Å². The highest BCUT2D eigenvalue weighted by molar-refractivity contribution is 7.91. The number of hydrogen-bond acceptors (Lipinski definition) is 7. The van der Waals surface area contributed by atoms with E-state index >= 15 is 0 Å². The molecule has 9 nitrogen and oxygen atoms in total. The number of amides is 1. The molecule has 39 heavy (non-hydrogen) atoms. The number of sulfone groups is 1. The lowest BCUT2D eigenvalue weighted by atomic mass is 9.93. The van der Waals surface area contributed by atoms with Crippen LogP contribution in [-0.2, 0) is 9.84 Å². The van der Waals surface area contributed by atoms with Crippen molar-refractivity contribution in [1.29, 1.82) is 0 Å². The van der Waals surface area contributed by atoms with Gasteiger partial charge in [0.15, 0.2) is 21.3 Å². The first-order chi connectivity index (χ1) is 18.6. The zero-order chi connectivity index (χ0) is 27.9. The van der Waals surface area contributed by atoms with E-state index in [0.717, 1.165) is 29.5 Å². The normalized spacial score (nSPS) is 19.9. The smallest absolute Gasteiger partial charge is 0.273 e. The number of aromatic hydroxyl groups is 1. The number of hydrogen-bond donors (Lipinski definition) is 2. The third-order valence-corrected chi connectivity index (χ3v) is 9.36. The lowest BCUT2D eigenvalue weighted by molar-refractivity contribution is 0.0677. The zero-order valence-electron chi connectivity index (χ0n) is 22.8. The van der Waals surface area contributed by atoms with Crippen molar-refractivity contribution < 1.29 is 27.8 Å². The monoisotopic (exact) mass is 553 g/mol. The first kappa shape index (κ1) is 27.1. The number of carbonyl (C=O) groups is 1. The van der Waals surface area contributed by atoms with E-state index < -0.39 is 21.9 Å². The summed E-state index contributed by atoms with van der Waals surface area (Å²) in [6.45, 7) is 8.85. The molecule has 10 heteroatoms. The number of fused-ring (bicyclic) bond motifs is 1. The average molecular weight is 554 g/mol. The Morgan fingerprint density at radius 1 is 1.10 bits per heavy atom. The number of phenolic OH excluding ortho intramolecular Hbond substituents is 1. The maximum atomic E-state index is 13.8. The Balaban J connectivity index is 1.66. The molecule has 2 N–H and O–H groups in total. The molecule has 2 aliphatic heterocycles. The molecule has 0 bridgehead atoms. The van der Waals surface area contributed by atoms with E-state index in [-0.39, 0.29) is 23.2 Å². The Kier molecular flexibility index (Phi) is 7.33. The van der Waals surface area contributed by atoms with E-state index in [2.05, 4.69) is 17.1 Å². The summed E-state index contributed by atoms with van der Waals surface area (Å²) >= 11 is 0. The van der Waals surface area contributed by atoms with Gasteiger partial charge in [-0.2, -0.15) is 5.10 Å². The van der Waals surface area contributed by atoms with Crippen LogP contribution in [0.5, 0.6) is 17.2 Å². The van der Waals surface area contributed by atoms with E-state index in [0.29, 0.717) is 53.6 Å². The molecule has 1 fully saturated rings. The summed E-state index contributed by atoms with van der Waals surface area (Å²) in [5, 5.41) is 18.2. The van der Waals surface area contributed by atoms with Crippen molar-refractivity contribution in [3.8, 4) is 28.5 Å². The summed E-state index contributed by atoms with van der Waals surface area (Å²) < 4.78 is 36.8. The highest BCUT2D eigenvalue weighted by Crippen LogP contribution is 2.48. The standard InChI is InChI=1S/C29H35N3O6S/c1-5-7-11-38-23-9-8-19(15-24(23)37-6-2)28-25-26(21-13-17(3)18(4)14-22(21)33)30-31-27(25)29(34)32(28)20-10-12-39(35,36)16-20/h8-9,13-15,20,28,33H,5-7,10-12,16H2,1-4H3,(H,30,31). The molecule has 2 aromatic carbocycles. The predicted octanol–water partition coefficient (Wildman–Crippen LogP) is 4.71. The number of unbranched alkanes of at least 4 members (excludes halogenated alkanes) is 1. The molecule has 3 aromatic rings. The van der Waals surface area contributed by atoms with Gasteiger partial charge in [0, 0.05) is 17.2 Å². The molecule has 0 radical (unpaired) electrons. The van der Waals surface area contributed by atoms with E-state index in [9.17, 15) is 18.3 Å². The third kappa shape index (κ3) is 4.97. The number of rotatable bonds is 9. The maximum Gasteiger partial charge on any atom is 0.273 e. The van der Waals surface area contributed by atoms with Gasteiger partial charge in [-0.3, -0.25) is 9.89 Å². The van der Waals surface area contributed by atoms with Crippen LogP contribution < -0.4 is 9.47 Å². The highest BCUT2D eigenvalue weighted by atomic mass is 32.2. The van der Waals surface area contributed by atoms with Crippen LogP contribution in [0.2, 0.25) is 0 Å². The molecule has 2 unspecified atom stereocenters. The molecule has 208 valence electrons. The van der Waals surface area contributed by atoms with Crippen LogP contribution in [0.1, 0.15) is 71.9 Å². The number of aromatic nitrogens is 2. The Hall–Kier alpha value is -3.53. The minimum atomic E-state index is -3.25. The molecule has 5 rings (SSSR count). The van der Waals surface area contributed by atoms with Gasteiger partial charge >= 0.3 is 0 Å². The SMILES string of the molecule is CCCCOc1ccc(C2c3c(-c4cc(C)c(C)cc4O)n[nH]c3C(=O)N2C2CCS(=O)(=O)C2)cc1OCC. The van der Waals surface area contributed by atoms with Gasteiger partial charge in [0.1, 0.15) is 17.1 Å². The second-order valence-electron chi connectivity index (χ2n) is 10.3. The fraction of sp³-hybridized carbons (Fsp3) is 0.448. The molecular formula is C29H35N3O6S. The van der Waals surface area contributed by atoms with E-state index in [1.165, 1.54) is 0 Å². The van der Waals surface area contributed by atoms with E-state index in [1.807, 2.05) is 45.0 Å². The van der Waals surface area contributed by atoms with Gasteiger partial charge in [0.2, 0.25) is 0 Å². The molecule has 0 spiro atoms. The van der Waals surface area contributed by atoms with Gasteiger partial charge in [-0.15, -0.1) is 0 Å². The van der Waals surface area contributed by atoms with Gasteiger partial charge in [-0.25, -0.2) is 8.42 Å². The fourth-order valence-corrected chi connectivity index (χ4v) is 7.18. The first-order valence-corrected chi connectivity index (χ1v) is 15.3. The van der Waals surface area contributed by atoms with E-state index in [1.54, 1.807) is 11.0 Å². The van der Waals surface area contributed by atoms with Crippen LogP contribution >= 0.6 is 0 Å². The minimum Gasteiger partial charge on any atom is -0.507 e. The Morgan fingerprint density at radius 3 is 2.56 bits per heavy atom. The number of carbonyl (C=O) groups excluding carboxylic acids is 1. The summed E-state index contributed by atoms with van der Waals surface area (Å²) in [7, 11) is -3.25. The van der Waals surface area contributed by atoms with Crippen molar-refractivity contribution in [3.05, 3.63) is 58.3 Å². The molecule has 1 saturated heterocycles. The summed E-state index contributed by atoms with van der Waals surface area (Å²) in [6.07, 6.45) is 2.28. The van der Waals surface area contributed by atoms with Gasteiger partial charge in [-0.1, -0.05) is 19.4 Å². The maximum absolute atomic E-state index is 13.8. The number of aromatic amines is 1. The van der Waals surface area contributed by atoms with Crippen molar-refractivity contribution in [2.24, 2.45) is 0 Å². The number of nitrogens with zero attached hydrogens (tertiary/aromatic N) is 2. The number of ether oxygens (including phenoxy) is 2. The number of phenols is 1. The number of benzene rings is 2. The zero-order valence-corrected chi connectivity index (χ0v) is 23.6. The number of nitrogens with one attached hydrogen (secondary N) is 1. The van der Waals surface area contributed by atoms with Gasteiger partial charge in [0.25, 0.3) is 5.91 Å². The molecule has 2 aliphatic rings. The molecule has 0 saturated carbocycles. The quantitative estimate of drug-likeness (QED) is 0.368. The summed E-state index contributed by atoms with van der Waals surface area (Å²) in [5.74, 6) is 0.890. The molecule has 2 atom stereocenters. The van der Waals surface area contributed by atoms with Crippen molar-refractivity contribution in [2.75, 3.05) is 24.7 Å². The Labute approximate surface area is 229 Å². The summed E-state index contributed by atoms with van der Waals surface area (Å²) in [4.78, 5) is 15.5. The predicted molar refractivity (Wildman–Crippen MR) is 148 cm³/mol. The van der Waals surface area contributed by atoms with Crippen LogP contribution in [-0.4, -0.2) is 65.3 Å². The van der Waals surface area contributed by atoms with Crippen LogP contribution in [0.25, 0.3) is 11.3 Å². The summed E-state index contributed by atoms with van der Waals surface area (Å²) in [5.41, 5.74) is 4.57. The highest BCUT2D eigenvalue weighted by Gasteiger charge is 2.48. The lowest BCUT2D eigenvalue weighted by Gasteiger charge is -2.31. The van der Waals surface area contributed by atoms with Gasteiger partial charge < -0.3 is 19.5 Å². The lowest BCUT2D eigenvalue weighted by Crippen LogP contribution is -2.40. The Bertz CT molecular complexity index is 1510. The fourth-order valence-electron chi connectivity index (χ4n) is 5.47. The largest absolute Gasteiger partial charge is 0.507 e. The number of H-pyrrole nitrogens is 1. The third-order valence-electron chi connectivity index (χ3n) is 7.61. The van der Waals surface area contributed by atoms with Crippen molar-refractivity contribution in [2.45, 2.75) is 59.0 Å². The molecule has 0 aliphatic carbocycles. The second-order valence-corrected chi connectivity index (χ2v) is 12.6. The molecular weight excluding hydrogens is 518 g/mol. The summed E-state index contributed by atoms with van der Waals surface area (Å²) in [6, 6.07) is 8.05. The van der Waals surface area contributed by atoms with E-state index in [4.69, 9.17) is 9.47 Å². The average Bonchev–Trinajstić information content (AvgIpc) is 3.55. The minimum absolute atomic E-state index is 0.0412. The van der Waals surface area contributed by atoms with Crippen LogP contribution in [0.4, 0.5) is 0 Å². The first-order valence-electron chi connectivity index (χ1n) is 13.5. The van der Waals surface area contributed by atoms with Gasteiger partial charge in [-0.05, 0) is 74.6 Å². The molecule has 3 heterocycles. The second kappa shape index (κ2) is 10.6. The molecule has 1 aromatic heterocycles. The number of aryl methyl sites for hydroxylation is 2. The van der Waals surface area contributed by atoms with Crippen LogP contribution in [0, 0.1) is 13.8 Å². The van der Waals surface area contributed by atoms with Crippen LogP contribution in [0.3, 0.4) is 0 Å². The van der Waals surface area contributed by atoms with Gasteiger partial charge in [0.05, 0.1) is 30.8 Å². The Morgan fingerprint density at radius 2 is 1.87 bits per heavy atom. The van der Waals surface area contributed by atoms with Crippen LogP contribution in [0.15, 0.2) is 30.3 Å². The van der Waals surface area contributed by atoms with Crippen molar-refractivity contribution in [3.63, 3.8) is 0 Å².